The van der Waals surface area contributed by atoms with Gasteiger partial charge in [0, 0.05) is 0 Å². The maximum atomic E-state index is 10.8. The molecule has 0 radical (unpaired) electrons. The number of hydrogen-bond acceptors (Lipinski definition) is 6. The van der Waals surface area contributed by atoms with Crippen molar-refractivity contribution in [3.63, 3.8) is 0 Å². The van der Waals surface area contributed by atoms with E-state index in [0.29, 0.717) is 0 Å². The van der Waals surface area contributed by atoms with Gasteiger partial charge < -0.3 is 14.9 Å². The highest BCUT2D eigenvalue weighted by Gasteiger charge is 2.15. The van der Waals surface area contributed by atoms with E-state index in [1.807, 2.05) is 0 Å². The molecule has 0 unspecified atom stereocenters. The van der Waals surface area contributed by atoms with Gasteiger partial charge in [0.1, 0.15) is 6.26 Å². The third-order valence-corrected chi connectivity index (χ3v) is 0.980. The van der Waals surface area contributed by atoms with Crippen molar-refractivity contribution in [2.24, 2.45) is 5.73 Å². The number of hydrogen-bond donors (Lipinski definition) is 1. The van der Waals surface area contributed by atoms with E-state index < -0.39 is 11.9 Å². The Morgan fingerprint density at radius 2 is 2.42 bits per heavy atom. The molecule has 0 aliphatic rings. The van der Waals surface area contributed by atoms with E-state index in [4.69, 9.17) is 5.73 Å². The van der Waals surface area contributed by atoms with Crippen molar-refractivity contribution in [2.45, 2.75) is 0 Å². The van der Waals surface area contributed by atoms with E-state index in [2.05, 4.69) is 14.1 Å². The number of rotatable bonds is 2. The lowest BCUT2D eigenvalue weighted by Gasteiger charge is -1.95. The molecule has 0 fully saturated rings. The van der Waals surface area contributed by atoms with Crippen molar-refractivity contribution in [3.8, 4) is 0 Å². The molecule has 0 amide bonds. The summed E-state index contributed by atoms with van der Waals surface area (Å²) < 4.78 is 8.75. The van der Waals surface area contributed by atoms with E-state index in [1.54, 1.807) is 0 Å². The molecule has 0 saturated heterocycles. The first-order chi connectivity index (χ1) is 5.74. The zero-order chi connectivity index (χ0) is 8.97. The zero-order valence-electron chi connectivity index (χ0n) is 6.02. The van der Waals surface area contributed by atoms with Crippen LogP contribution in [0.25, 0.3) is 0 Å². The summed E-state index contributed by atoms with van der Waals surface area (Å²) in [6.07, 6.45) is 2.47. The Morgan fingerprint density at radius 3 is 2.92 bits per heavy atom. The van der Waals surface area contributed by atoms with Crippen molar-refractivity contribution >= 4 is 11.9 Å². The van der Waals surface area contributed by atoms with E-state index in [0.717, 1.165) is 0 Å². The van der Waals surface area contributed by atoms with Gasteiger partial charge in [-0.25, -0.2) is 9.78 Å². The van der Waals surface area contributed by atoms with Crippen LogP contribution in [0.3, 0.4) is 0 Å². The summed E-state index contributed by atoms with van der Waals surface area (Å²) in [6.45, 7) is -0.355. The number of carbonyl (C=O) groups is 2. The Kier molecular flexibility index (Phi) is 2.54. The molecule has 0 saturated carbocycles. The van der Waals surface area contributed by atoms with Crippen LogP contribution in [0.4, 0.5) is 0 Å². The Balaban J connectivity index is 2.56. The molecule has 1 heterocycles. The van der Waals surface area contributed by atoms with Crippen LogP contribution in [0.5, 0.6) is 0 Å². The Labute approximate surface area is 67.3 Å². The van der Waals surface area contributed by atoms with Crippen molar-refractivity contribution in [1.82, 2.24) is 4.98 Å². The molecule has 0 bridgehead atoms. The van der Waals surface area contributed by atoms with Gasteiger partial charge in [0.05, 0.1) is 12.7 Å². The minimum Gasteiger partial charge on any atom is -0.440 e. The maximum absolute atomic E-state index is 10.8. The van der Waals surface area contributed by atoms with E-state index in [1.165, 1.54) is 12.5 Å². The van der Waals surface area contributed by atoms with Crippen LogP contribution in [-0.2, 0) is 9.53 Å². The molecule has 0 spiro atoms. The second kappa shape index (κ2) is 3.63. The summed E-state index contributed by atoms with van der Waals surface area (Å²) in [5.41, 5.74) is 4.90. The van der Waals surface area contributed by atoms with Gasteiger partial charge in [0.25, 0.3) is 0 Å². The average Bonchev–Trinajstić information content (AvgIpc) is 2.56. The van der Waals surface area contributed by atoms with Crippen LogP contribution in [-0.4, -0.2) is 23.5 Å². The molecule has 1 aromatic rings. The molecule has 6 nitrogen and oxygen atoms in total. The largest absolute Gasteiger partial charge is 0.440 e. The van der Waals surface area contributed by atoms with Crippen LogP contribution in [0, 0.1) is 0 Å². The molecule has 6 heteroatoms. The van der Waals surface area contributed by atoms with Crippen molar-refractivity contribution in [1.29, 1.82) is 0 Å². The monoisotopic (exact) mass is 170 g/mol. The van der Waals surface area contributed by atoms with Gasteiger partial charge >= 0.3 is 17.8 Å². The summed E-state index contributed by atoms with van der Waals surface area (Å²) >= 11 is 0. The summed E-state index contributed by atoms with van der Waals surface area (Å²) in [5.74, 6) is -2.02. The molecule has 12 heavy (non-hydrogen) atoms. The number of oxazole rings is 1. The summed E-state index contributed by atoms with van der Waals surface area (Å²) in [6, 6.07) is 0. The summed E-state index contributed by atoms with van der Waals surface area (Å²) in [5, 5.41) is 0. The number of nitrogens with zero attached hydrogens (tertiary/aromatic N) is 1. The first-order valence-electron chi connectivity index (χ1n) is 3.08. The second-order valence-corrected chi connectivity index (χ2v) is 1.80. The third kappa shape index (κ3) is 1.89. The first-order valence-corrected chi connectivity index (χ1v) is 3.08. The van der Waals surface area contributed by atoms with Crippen LogP contribution in [0.15, 0.2) is 16.9 Å². The Bertz CT molecular complexity index is 280. The minimum absolute atomic E-state index is 0.267. The van der Waals surface area contributed by atoms with Crippen LogP contribution in [0.2, 0.25) is 0 Å². The molecule has 1 rings (SSSR count). The minimum atomic E-state index is -0.935. The molecule has 0 aliphatic heterocycles. The third-order valence-electron chi connectivity index (χ3n) is 0.980. The number of esters is 2. The quantitative estimate of drug-likeness (QED) is 0.466. The standard InChI is InChI=1S/C6H6N2O4/c7-3-4(9)12-6(10)5-8-1-2-11-5/h1-2H,3,7H2. The molecule has 0 aromatic carbocycles. The predicted octanol–water partition coefficient (Wildman–Crippen LogP) is -0.683. The highest BCUT2D eigenvalue weighted by molar-refractivity contribution is 5.93. The number of nitrogens with two attached hydrogens (primary N) is 1. The Morgan fingerprint density at radius 1 is 1.67 bits per heavy atom. The zero-order valence-corrected chi connectivity index (χ0v) is 6.02. The molecule has 64 valence electrons. The number of carbonyl (C=O) groups excluding carboxylic acids is 2. The fourth-order valence-corrected chi connectivity index (χ4v) is 0.513. The van der Waals surface area contributed by atoms with E-state index in [-0.39, 0.29) is 12.4 Å². The van der Waals surface area contributed by atoms with E-state index >= 15 is 0 Å². The van der Waals surface area contributed by atoms with Gasteiger partial charge in [-0.1, -0.05) is 0 Å². The van der Waals surface area contributed by atoms with Gasteiger partial charge in [-0.05, 0) is 0 Å². The lowest BCUT2D eigenvalue weighted by Crippen LogP contribution is -2.20. The average molecular weight is 170 g/mol. The van der Waals surface area contributed by atoms with Crippen molar-refractivity contribution in [3.05, 3.63) is 18.4 Å². The highest BCUT2D eigenvalue weighted by atomic mass is 16.6. The normalized spacial score (nSPS) is 9.42. The van der Waals surface area contributed by atoms with E-state index in [9.17, 15) is 9.59 Å². The fourth-order valence-electron chi connectivity index (χ4n) is 0.513. The maximum Gasteiger partial charge on any atom is 0.402 e. The highest BCUT2D eigenvalue weighted by Crippen LogP contribution is 1.96. The fraction of sp³-hybridized carbons (Fsp3) is 0.167. The van der Waals surface area contributed by atoms with Crippen molar-refractivity contribution < 1.29 is 18.7 Å². The second-order valence-electron chi connectivity index (χ2n) is 1.80. The molecular weight excluding hydrogens is 164 g/mol. The molecule has 0 aliphatic carbocycles. The summed E-state index contributed by atoms with van der Waals surface area (Å²) in [7, 11) is 0. The van der Waals surface area contributed by atoms with Gasteiger partial charge in [-0.3, -0.25) is 4.79 Å². The van der Waals surface area contributed by atoms with Crippen molar-refractivity contribution in [2.75, 3.05) is 6.54 Å². The number of ether oxygens (including phenoxy) is 1. The Hall–Kier alpha value is -1.69. The summed E-state index contributed by atoms with van der Waals surface area (Å²) in [4.78, 5) is 24.8. The van der Waals surface area contributed by atoms with Gasteiger partial charge in [-0.2, -0.15) is 0 Å². The molecule has 2 N–H and O–H groups in total. The van der Waals surface area contributed by atoms with Gasteiger partial charge in [0.2, 0.25) is 0 Å². The molecule has 0 atom stereocenters. The van der Waals surface area contributed by atoms with Gasteiger partial charge in [-0.15, -0.1) is 0 Å². The van der Waals surface area contributed by atoms with Crippen LogP contribution < -0.4 is 5.73 Å². The molecular formula is C6H6N2O4. The van der Waals surface area contributed by atoms with Crippen LogP contribution >= 0.6 is 0 Å². The predicted molar refractivity (Wildman–Crippen MR) is 36.0 cm³/mol. The van der Waals surface area contributed by atoms with Gasteiger partial charge in [0.15, 0.2) is 0 Å². The van der Waals surface area contributed by atoms with Crippen LogP contribution in [0.1, 0.15) is 10.7 Å². The lowest BCUT2D eigenvalue weighted by molar-refractivity contribution is -0.136. The first kappa shape index (κ1) is 8.41. The lowest BCUT2D eigenvalue weighted by atomic mass is 10.6. The topological polar surface area (TPSA) is 95.4 Å². The molecule has 1 aromatic heterocycles. The smallest absolute Gasteiger partial charge is 0.402 e. The SMILES string of the molecule is NCC(=O)OC(=O)c1ncco1. The number of aromatic nitrogens is 1.